The number of hydrogen-bond acceptors (Lipinski definition) is 8. The first-order valence-corrected chi connectivity index (χ1v) is 14.6. The molecule has 0 radical (unpaired) electrons. The lowest BCUT2D eigenvalue weighted by Gasteiger charge is -2.34. The largest absolute Gasteiger partial charge is 0.369 e. The molecule has 6 rings (SSSR count). The van der Waals surface area contributed by atoms with E-state index in [0.717, 1.165) is 91.0 Å². The summed E-state index contributed by atoms with van der Waals surface area (Å²) in [5.74, 6) is 0.528. The predicted octanol–water partition coefficient (Wildman–Crippen LogP) is 4.30. The number of aromatic nitrogens is 4. The van der Waals surface area contributed by atoms with Crippen molar-refractivity contribution in [3.8, 4) is 0 Å². The first-order valence-electron chi connectivity index (χ1n) is 14.6. The molecule has 2 aromatic carbocycles. The molecule has 2 aliphatic heterocycles. The van der Waals surface area contributed by atoms with Crippen LogP contribution >= 0.6 is 0 Å². The number of anilines is 5. The molecule has 1 saturated heterocycles. The Labute approximate surface area is 247 Å². The highest BCUT2D eigenvalue weighted by molar-refractivity contribution is 5.91. The highest BCUT2D eigenvalue weighted by atomic mass is 16.2. The number of piperazine rings is 1. The van der Waals surface area contributed by atoms with Crippen molar-refractivity contribution in [2.24, 2.45) is 0 Å². The summed E-state index contributed by atoms with van der Waals surface area (Å²) in [6.07, 6.45) is 2.76. The fourth-order valence-electron chi connectivity index (χ4n) is 5.73. The van der Waals surface area contributed by atoms with E-state index in [-0.39, 0.29) is 12.5 Å². The topological polar surface area (TPSA) is 94.5 Å². The number of likely N-dealkylation sites (N-methyl/N-ethyl adjacent to an activating group) is 1. The SMILES string of the molecule is Cc1cc(C)n(CC(=O)Nc2ccc(C)c(N3CCc4nc(Nc5ccc(N6CCN(C)CC6)cc5)ncc4C3)c2)n1. The Kier molecular flexibility index (Phi) is 7.80. The molecule has 0 aliphatic carbocycles. The van der Waals surface area contributed by atoms with Crippen LogP contribution in [0.3, 0.4) is 0 Å². The van der Waals surface area contributed by atoms with Gasteiger partial charge in [-0.2, -0.15) is 5.10 Å². The molecule has 0 saturated carbocycles. The zero-order valence-electron chi connectivity index (χ0n) is 24.9. The number of hydrogen-bond donors (Lipinski definition) is 2. The molecule has 4 heterocycles. The van der Waals surface area contributed by atoms with E-state index in [2.05, 4.69) is 85.8 Å². The highest BCUT2D eigenvalue weighted by Crippen LogP contribution is 2.30. The number of nitrogens with one attached hydrogen (secondary N) is 2. The minimum Gasteiger partial charge on any atom is -0.369 e. The third-order valence-corrected chi connectivity index (χ3v) is 8.16. The minimum atomic E-state index is -0.0950. The summed E-state index contributed by atoms with van der Waals surface area (Å²) in [4.78, 5) is 29.3. The minimum absolute atomic E-state index is 0.0950. The molecule has 1 fully saturated rings. The maximum absolute atomic E-state index is 12.7. The van der Waals surface area contributed by atoms with E-state index in [1.165, 1.54) is 5.69 Å². The van der Waals surface area contributed by atoms with E-state index < -0.39 is 0 Å². The number of fused-ring (bicyclic) bond motifs is 1. The van der Waals surface area contributed by atoms with Crippen LogP contribution in [0.5, 0.6) is 0 Å². The zero-order chi connectivity index (χ0) is 29.2. The molecule has 2 N–H and O–H groups in total. The van der Waals surface area contributed by atoms with E-state index >= 15 is 0 Å². The van der Waals surface area contributed by atoms with Gasteiger partial charge in [0.25, 0.3) is 0 Å². The summed E-state index contributed by atoms with van der Waals surface area (Å²) in [5.41, 5.74) is 9.35. The van der Waals surface area contributed by atoms with Gasteiger partial charge in [0, 0.05) is 85.9 Å². The van der Waals surface area contributed by atoms with E-state index in [0.29, 0.717) is 5.95 Å². The lowest BCUT2D eigenvalue weighted by Crippen LogP contribution is -2.44. The molecular formula is C32H39N9O. The van der Waals surface area contributed by atoms with Crippen molar-refractivity contribution in [3.05, 3.63) is 82.9 Å². The normalized spacial score (nSPS) is 15.4. The first kappa shape index (κ1) is 27.7. The standard InChI is InChI=1S/C32H39N9O/c1-22-5-6-27(34-31(42)21-41-24(3)17-23(2)37-41)18-30(22)40-12-11-29-25(20-40)19-33-32(36-29)35-26-7-9-28(10-8-26)39-15-13-38(4)14-16-39/h5-10,17-19H,11-16,20-21H2,1-4H3,(H,34,42)(H,33,35,36). The fraction of sp³-hybridized carbons (Fsp3) is 0.375. The second-order valence-corrected chi connectivity index (χ2v) is 11.4. The first-order chi connectivity index (χ1) is 20.3. The molecule has 0 unspecified atom stereocenters. The van der Waals surface area contributed by atoms with Crippen molar-refractivity contribution in [3.63, 3.8) is 0 Å². The molecule has 10 heteroatoms. The van der Waals surface area contributed by atoms with Crippen LogP contribution in [0, 0.1) is 20.8 Å². The van der Waals surface area contributed by atoms with Gasteiger partial charge in [-0.15, -0.1) is 0 Å². The molecule has 218 valence electrons. The zero-order valence-corrected chi connectivity index (χ0v) is 24.9. The van der Waals surface area contributed by atoms with E-state index in [1.54, 1.807) is 4.68 Å². The van der Waals surface area contributed by atoms with Gasteiger partial charge in [-0.3, -0.25) is 9.48 Å². The monoisotopic (exact) mass is 565 g/mol. The molecule has 0 spiro atoms. The Morgan fingerprint density at radius 2 is 1.67 bits per heavy atom. The quantitative estimate of drug-likeness (QED) is 0.343. The maximum atomic E-state index is 12.7. The average Bonchev–Trinajstić information content (AvgIpc) is 3.30. The van der Waals surface area contributed by atoms with Gasteiger partial charge in [0.1, 0.15) is 6.54 Å². The van der Waals surface area contributed by atoms with Crippen molar-refractivity contribution in [1.82, 2.24) is 24.6 Å². The number of amides is 1. The Morgan fingerprint density at radius 3 is 2.40 bits per heavy atom. The molecular weight excluding hydrogens is 526 g/mol. The van der Waals surface area contributed by atoms with Gasteiger partial charge in [-0.05, 0) is 75.8 Å². The van der Waals surface area contributed by atoms with Gasteiger partial charge in [-0.1, -0.05) is 6.07 Å². The van der Waals surface area contributed by atoms with Crippen LogP contribution in [0.25, 0.3) is 0 Å². The summed E-state index contributed by atoms with van der Waals surface area (Å²) in [6.45, 7) is 12.0. The number of rotatable bonds is 7. The lowest BCUT2D eigenvalue weighted by atomic mass is 10.0. The van der Waals surface area contributed by atoms with Crippen molar-refractivity contribution in [1.29, 1.82) is 0 Å². The smallest absolute Gasteiger partial charge is 0.246 e. The van der Waals surface area contributed by atoms with Gasteiger partial charge in [0.15, 0.2) is 0 Å². The van der Waals surface area contributed by atoms with Crippen LogP contribution in [0.4, 0.5) is 28.7 Å². The number of benzene rings is 2. The van der Waals surface area contributed by atoms with Crippen molar-refractivity contribution >= 4 is 34.6 Å². The van der Waals surface area contributed by atoms with Gasteiger partial charge >= 0.3 is 0 Å². The van der Waals surface area contributed by atoms with Crippen LogP contribution in [0.2, 0.25) is 0 Å². The van der Waals surface area contributed by atoms with E-state index in [4.69, 9.17) is 4.98 Å². The van der Waals surface area contributed by atoms with E-state index in [1.807, 2.05) is 32.2 Å². The molecule has 2 aromatic heterocycles. The number of carbonyl (C=O) groups is 1. The number of carbonyl (C=O) groups excluding carboxylic acids is 1. The van der Waals surface area contributed by atoms with Gasteiger partial charge in [0.05, 0.1) is 11.4 Å². The summed E-state index contributed by atoms with van der Waals surface area (Å²) in [7, 11) is 2.17. The highest BCUT2D eigenvalue weighted by Gasteiger charge is 2.21. The van der Waals surface area contributed by atoms with Crippen molar-refractivity contribution in [2.45, 2.75) is 40.3 Å². The third kappa shape index (κ3) is 6.23. The van der Waals surface area contributed by atoms with Gasteiger partial charge < -0.3 is 25.3 Å². The second kappa shape index (κ2) is 11.8. The summed E-state index contributed by atoms with van der Waals surface area (Å²) >= 11 is 0. The fourth-order valence-corrected chi connectivity index (χ4v) is 5.73. The van der Waals surface area contributed by atoms with E-state index in [9.17, 15) is 4.79 Å². The molecule has 10 nitrogen and oxygen atoms in total. The molecule has 0 bridgehead atoms. The Hall–Kier alpha value is -4.44. The Balaban J connectivity index is 1.09. The predicted molar refractivity (Wildman–Crippen MR) is 168 cm³/mol. The molecule has 1 amide bonds. The molecule has 2 aliphatic rings. The average molecular weight is 566 g/mol. The van der Waals surface area contributed by atoms with Crippen LogP contribution in [0.15, 0.2) is 54.7 Å². The summed E-state index contributed by atoms with van der Waals surface area (Å²) in [5, 5.41) is 10.8. The van der Waals surface area contributed by atoms with Crippen molar-refractivity contribution in [2.75, 3.05) is 60.2 Å². The number of nitrogens with zero attached hydrogens (tertiary/aromatic N) is 7. The molecule has 42 heavy (non-hydrogen) atoms. The van der Waals surface area contributed by atoms with Crippen LogP contribution in [-0.2, 0) is 24.3 Å². The number of aryl methyl sites for hydroxylation is 3. The summed E-state index contributed by atoms with van der Waals surface area (Å²) < 4.78 is 1.73. The molecule has 4 aromatic rings. The summed E-state index contributed by atoms with van der Waals surface area (Å²) in [6, 6.07) is 16.6. The Bertz CT molecular complexity index is 1570. The van der Waals surface area contributed by atoms with Gasteiger partial charge in [0.2, 0.25) is 11.9 Å². The van der Waals surface area contributed by atoms with Crippen molar-refractivity contribution < 1.29 is 4.79 Å². The molecule has 0 atom stereocenters. The maximum Gasteiger partial charge on any atom is 0.246 e. The second-order valence-electron chi connectivity index (χ2n) is 11.4. The van der Waals surface area contributed by atoms with Crippen LogP contribution in [0.1, 0.15) is 28.2 Å². The van der Waals surface area contributed by atoms with Crippen LogP contribution in [-0.4, -0.2) is 70.3 Å². The lowest BCUT2D eigenvalue weighted by molar-refractivity contribution is -0.116. The van der Waals surface area contributed by atoms with Crippen LogP contribution < -0.4 is 20.4 Å². The third-order valence-electron chi connectivity index (χ3n) is 8.16. The Morgan fingerprint density at radius 1 is 0.905 bits per heavy atom. The van der Waals surface area contributed by atoms with Gasteiger partial charge in [-0.25, -0.2) is 9.97 Å².